The number of carbonyl (C=O) groups excluding carboxylic acids is 3. The predicted molar refractivity (Wildman–Crippen MR) is 215 cm³/mol. The Hall–Kier alpha value is -2.17. The maximum absolute atomic E-state index is 12.6. The van der Waals surface area contributed by atoms with Gasteiger partial charge >= 0.3 is 5.97 Å². The molecule has 21 atom stereocenters. The van der Waals surface area contributed by atoms with Crippen LogP contribution in [0.3, 0.4) is 0 Å². The van der Waals surface area contributed by atoms with Gasteiger partial charge in [0.1, 0.15) is 24.9 Å². The summed E-state index contributed by atoms with van der Waals surface area (Å²) < 4.78 is 42.1. The second-order valence-corrected chi connectivity index (χ2v) is 20.4. The Labute approximate surface area is 368 Å². The van der Waals surface area contributed by atoms with E-state index in [0.29, 0.717) is 18.8 Å². The summed E-state index contributed by atoms with van der Waals surface area (Å²) in [5, 5.41) is 75.4. The Morgan fingerprint density at radius 3 is 1.78 bits per heavy atom. The molecule has 5 heterocycles. The highest BCUT2D eigenvalue weighted by Gasteiger charge is 2.71. The molecule has 18 nitrogen and oxygen atoms in total. The van der Waals surface area contributed by atoms with Crippen LogP contribution in [-0.2, 0) is 47.5 Å². The molecule has 0 bridgehead atoms. The molecule has 0 spiro atoms. The minimum absolute atomic E-state index is 0.0452. The molecule has 4 saturated carbocycles. The lowest BCUT2D eigenvalue weighted by atomic mass is 9.42. The van der Waals surface area contributed by atoms with E-state index in [-0.39, 0.29) is 79.0 Å². The third-order valence-electron chi connectivity index (χ3n) is 17.0. The lowest BCUT2D eigenvalue weighted by molar-refractivity contribution is -0.336. The molecule has 9 aliphatic rings. The summed E-state index contributed by atoms with van der Waals surface area (Å²) in [5.41, 5.74) is -0.892. The van der Waals surface area contributed by atoms with Crippen molar-refractivity contribution in [2.75, 3.05) is 6.61 Å². The van der Waals surface area contributed by atoms with Crippen molar-refractivity contribution >= 4 is 17.8 Å². The van der Waals surface area contributed by atoms with E-state index in [0.717, 1.165) is 44.1 Å². The summed E-state index contributed by atoms with van der Waals surface area (Å²) in [6.45, 7) is 9.90. The fraction of sp³-hybridized carbons (Fsp3) is 0.889. The number of ether oxygens (including phenoxy) is 7. The van der Waals surface area contributed by atoms with Gasteiger partial charge in [-0.2, -0.15) is 5.06 Å². The van der Waals surface area contributed by atoms with Crippen LogP contribution >= 0.6 is 0 Å². The minimum atomic E-state index is -1.01. The summed E-state index contributed by atoms with van der Waals surface area (Å²) in [6, 6.07) is 0. The molecule has 63 heavy (non-hydrogen) atoms. The zero-order chi connectivity index (χ0) is 45.3. The van der Waals surface area contributed by atoms with E-state index < -0.39 is 103 Å². The van der Waals surface area contributed by atoms with Crippen LogP contribution in [0.2, 0.25) is 0 Å². The van der Waals surface area contributed by atoms with Gasteiger partial charge in [-0.3, -0.25) is 14.8 Å². The molecule has 0 aromatic carbocycles. The fourth-order valence-electron chi connectivity index (χ4n) is 13.3. The van der Waals surface area contributed by atoms with Crippen molar-refractivity contribution in [2.24, 2.45) is 34.5 Å². The molecule has 9 rings (SSSR count). The van der Waals surface area contributed by atoms with Gasteiger partial charge in [-0.05, 0) is 107 Å². The van der Waals surface area contributed by atoms with Gasteiger partial charge in [-0.15, -0.1) is 0 Å². The fourth-order valence-corrected chi connectivity index (χ4v) is 13.3. The van der Waals surface area contributed by atoms with E-state index >= 15 is 0 Å². The molecule has 356 valence electrons. The van der Waals surface area contributed by atoms with Crippen LogP contribution in [0, 0.1) is 34.5 Å². The topological polar surface area (TPSA) is 261 Å². The summed E-state index contributed by atoms with van der Waals surface area (Å²) >= 11 is 0. The highest BCUT2D eigenvalue weighted by atomic mass is 16.7. The van der Waals surface area contributed by atoms with Crippen LogP contribution < -0.4 is 0 Å². The Balaban J connectivity index is 0.000000614. The van der Waals surface area contributed by atoms with Crippen molar-refractivity contribution in [2.45, 2.75) is 210 Å². The monoisotopic (exact) mass is 895 g/mol. The SMILES string of the molecule is C[C@H]1O[C@@H](O[C@H]2[C@@H](O)C[C@H](O[C@H]3[C@@H](O)C[C@H](O[C@H]4CC[C@@]5(C)[C@H](CC[C@@H]6[C@@H]5C[C@@H](O)[C@]5(C)[C@@H](C7=CC(=O)OC7)CC[C@]65O)C4)O[C@@H]3C)O[C@@H]2C)C[C@H](O)[C@@H]1O.O=C1CCC(=O)N1O. The third-order valence-corrected chi connectivity index (χ3v) is 17.0. The molecule has 18 heteroatoms. The molecule has 0 aromatic heterocycles. The summed E-state index contributed by atoms with van der Waals surface area (Å²) in [4.78, 5) is 32.4. The van der Waals surface area contributed by atoms with Crippen molar-refractivity contribution in [1.29, 1.82) is 0 Å². The van der Waals surface area contributed by atoms with E-state index in [1.807, 2.05) is 13.8 Å². The first-order chi connectivity index (χ1) is 29.7. The van der Waals surface area contributed by atoms with Crippen LogP contribution in [0.15, 0.2) is 11.6 Å². The maximum atomic E-state index is 12.6. The number of hydroxylamine groups is 2. The third kappa shape index (κ3) is 8.68. The quantitative estimate of drug-likeness (QED) is 0.0831. The second kappa shape index (κ2) is 18.1. The standard InChI is InChI=1S/C41H64O14.C4H5NO3/c1-19-36(47)28(42)15-34(50-19)54-38-21(3)52-35(17-30(38)44)55-37-20(2)51-33(16-29(37)43)53-24-8-10-39(4)23(13-24)6-7-26-27(39)14-31(45)40(5)25(9-11-41(26,40)48)22-12-32(46)49-18-22;6-3-1-2-4(7)5(3)8/h12,19-21,23-31,33-38,42-45,47-48H,6-11,13-18H2,1-5H3;8H,1-2H2/t19-,20-,21-,23-,24+,25-,26-,27+,28+,29+,30+,31-,33+,34+,35+,36-,37-,38-,39+,40+,41+;/m1./s1. The summed E-state index contributed by atoms with van der Waals surface area (Å²) in [6.07, 6.45) is -1.22. The normalized spacial score (nSPS) is 51.1. The molecule has 0 unspecified atom stereocenters. The highest BCUT2D eigenvalue weighted by molar-refractivity contribution is 6.00. The maximum Gasteiger partial charge on any atom is 0.331 e. The highest BCUT2D eigenvalue weighted by Crippen LogP contribution is 2.70. The molecule has 0 aromatic rings. The molecule has 7 N–H and O–H groups in total. The first kappa shape index (κ1) is 47.3. The van der Waals surface area contributed by atoms with E-state index in [9.17, 15) is 45.0 Å². The average Bonchev–Trinajstić information content (AvgIpc) is 3.88. The van der Waals surface area contributed by atoms with Crippen LogP contribution in [0.1, 0.15) is 118 Å². The lowest BCUT2D eigenvalue weighted by Crippen LogP contribution is -2.67. The number of hydrogen-bond acceptors (Lipinski definition) is 17. The van der Waals surface area contributed by atoms with Gasteiger partial charge in [0.05, 0.1) is 54.4 Å². The van der Waals surface area contributed by atoms with Crippen molar-refractivity contribution in [3.8, 4) is 0 Å². The zero-order valence-corrected chi connectivity index (χ0v) is 37.0. The predicted octanol–water partition coefficient (Wildman–Crippen LogP) is 1.74. The number of hydrogen-bond donors (Lipinski definition) is 7. The Morgan fingerprint density at radius 1 is 0.683 bits per heavy atom. The smallest absolute Gasteiger partial charge is 0.331 e. The van der Waals surface area contributed by atoms with Crippen molar-refractivity contribution in [3.63, 3.8) is 0 Å². The number of aliphatic hydroxyl groups excluding tert-OH is 5. The van der Waals surface area contributed by atoms with Gasteiger partial charge in [0, 0.05) is 43.6 Å². The number of esters is 1. The number of rotatable bonds is 7. The number of imide groups is 1. The zero-order valence-electron chi connectivity index (χ0n) is 37.0. The van der Waals surface area contributed by atoms with Crippen molar-refractivity contribution < 1.29 is 83.4 Å². The number of aliphatic hydroxyl groups is 6. The first-order valence-corrected chi connectivity index (χ1v) is 23.2. The van der Waals surface area contributed by atoms with Crippen LogP contribution in [0.5, 0.6) is 0 Å². The van der Waals surface area contributed by atoms with Crippen molar-refractivity contribution in [1.82, 2.24) is 5.06 Å². The molecule has 2 amide bonds. The van der Waals surface area contributed by atoms with Crippen LogP contribution in [-0.4, -0.2) is 157 Å². The molecule has 8 fully saturated rings. The number of fused-ring (bicyclic) bond motifs is 5. The Kier molecular flexibility index (Phi) is 13.6. The van der Waals surface area contributed by atoms with Gasteiger partial charge in [0.2, 0.25) is 0 Å². The number of amides is 2. The first-order valence-electron chi connectivity index (χ1n) is 23.2. The van der Waals surface area contributed by atoms with E-state index in [2.05, 4.69) is 6.92 Å². The van der Waals surface area contributed by atoms with E-state index in [1.54, 1.807) is 19.9 Å². The van der Waals surface area contributed by atoms with E-state index in [1.165, 1.54) is 0 Å². The summed E-state index contributed by atoms with van der Waals surface area (Å²) in [5.74, 6) is -0.805. The molecule has 0 radical (unpaired) electrons. The molecule has 4 saturated heterocycles. The largest absolute Gasteiger partial charge is 0.458 e. The number of carbonyl (C=O) groups is 3. The minimum Gasteiger partial charge on any atom is -0.458 e. The van der Waals surface area contributed by atoms with Gasteiger partial charge in [0.15, 0.2) is 18.9 Å². The second-order valence-electron chi connectivity index (χ2n) is 20.4. The molecular weight excluding hydrogens is 826 g/mol. The number of cyclic esters (lactones) is 1. The van der Waals surface area contributed by atoms with Gasteiger partial charge in [-0.1, -0.05) is 13.8 Å². The van der Waals surface area contributed by atoms with Gasteiger partial charge < -0.3 is 63.8 Å². The van der Waals surface area contributed by atoms with Crippen molar-refractivity contribution in [3.05, 3.63) is 11.6 Å². The Morgan fingerprint density at radius 2 is 1.25 bits per heavy atom. The molecule has 4 aliphatic carbocycles. The average molecular weight is 896 g/mol. The molecule has 5 aliphatic heterocycles. The Bertz CT molecular complexity index is 1680. The summed E-state index contributed by atoms with van der Waals surface area (Å²) in [7, 11) is 0. The van der Waals surface area contributed by atoms with Crippen LogP contribution in [0.25, 0.3) is 0 Å². The lowest BCUT2D eigenvalue weighted by Gasteiger charge is -2.65. The van der Waals surface area contributed by atoms with Crippen LogP contribution in [0.4, 0.5) is 0 Å². The molecular formula is C45H69NO17. The van der Waals surface area contributed by atoms with Gasteiger partial charge in [-0.25, -0.2) is 4.79 Å². The van der Waals surface area contributed by atoms with Gasteiger partial charge in [0.25, 0.3) is 11.8 Å². The number of nitrogens with zero attached hydrogens (tertiary/aromatic N) is 1. The van der Waals surface area contributed by atoms with E-state index in [4.69, 9.17) is 38.4 Å².